The Labute approximate surface area is 85.8 Å². The van der Waals surface area contributed by atoms with Gasteiger partial charge in [0, 0.05) is 19.6 Å². The second-order valence-electron chi connectivity index (χ2n) is 4.02. The smallest absolute Gasteiger partial charge is 0.194 e. The van der Waals surface area contributed by atoms with Crippen molar-refractivity contribution in [3.05, 3.63) is 0 Å². The van der Waals surface area contributed by atoms with Gasteiger partial charge in [0.15, 0.2) is 5.96 Å². The van der Waals surface area contributed by atoms with E-state index >= 15 is 0 Å². The molecule has 0 saturated carbocycles. The fourth-order valence-electron chi connectivity index (χ4n) is 2.08. The van der Waals surface area contributed by atoms with Gasteiger partial charge in [-0.15, -0.1) is 0 Å². The van der Waals surface area contributed by atoms with Gasteiger partial charge in [0.05, 0.1) is 6.54 Å². The minimum Gasteiger partial charge on any atom is -0.356 e. The van der Waals surface area contributed by atoms with E-state index < -0.39 is 0 Å². The molecule has 0 spiro atoms. The third-order valence-corrected chi connectivity index (χ3v) is 3.02. The maximum Gasteiger partial charge on any atom is 0.194 e. The van der Waals surface area contributed by atoms with Crippen molar-refractivity contribution in [1.82, 2.24) is 15.5 Å². The lowest BCUT2D eigenvalue weighted by atomic mass is 10.1. The topological polar surface area (TPSA) is 39.7 Å². The van der Waals surface area contributed by atoms with Gasteiger partial charge in [-0.1, -0.05) is 0 Å². The van der Waals surface area contributed by atoms with Gasteiger partial charge >= 0.3 is 0 Å². The first-order valence-corrected chi connectivity index (χ1v) is 5.64. The number of likely N-dealkylation sites (N-methyl/N-ethyl adjacent to an activating group) is 1. The highest BCUT2D eigenvalue weighted by Gasteiger charge is 2.18. The van der Waals surface area contributed by atoms with Crippen molar-refractivity contribution in [3.63, 3.8) is 0 Å². The molecule has 1 unspecified atom stereocenters. The number of aliphatic imine (C=N–C) groups is 1. The molecule has 2 aliphatic rings. The van der Waals surface area contributed by atoms with Crippen molar-refractivity contribution >= 4 is 5.96 Å². The maximum absolute atomic E-state index is 4.46. The zero-order chi connectivity index (χ0) is 9.80. The van der Waals surface area contributed by atoms with Gasteiger partial charge in [0.1, 0.15) is 0 Å². The van der Waals surface area contributed by atoms with Crippen molar-refractivity contribution in [2.75, 3.05) is 39.3 Å². The Kier molecular flexibility index (Phi) is 3.24. The van der Waals surface area contributed by atoms with Crippen LogP contribution in [0.2, 0.25) is 0 Å². The summed E-state index contributed by atoms with van der Waals surface area (Å²) in [6.45, 7) is 8.69. The average molecular weight is 196 g/mol. The van der Waals surface area contributed by atoms with E-state index in [1.807, 2.05) is 0 Å². The Morgan fingerprint density at radius 1 is 1.64 bits per heavy atom. The lowest BCUT2D eigenvalue weighted by Gasteiger charge is -2.20. The number of nitrogens with zero attached hydrogens (tertiary/aromatic N) is 2. The van der Waals surface area contributed by atoms with Crippen LogP contribution in [0.4, 0.5) is 0 Å². The van der Waals surface area contributed by atoms with E-state index in [4.69, 9.17) is 0 Å². The molecule has 2 N–H and O–H groups in total. The summed E-state index contributed by atoms with van der Waals surface area (Å²) in [5.41, 5.74) is 0. The molecule has 0 aromatic carbocycles. The highest BCUT2D eigenvalue weighted by Crippen LogP contribution is 2.06. The lowest BCUT2D eigenvalue weighted by Crippen LogP contribution is -2.40. The van der Waals surface area contributed by atoms with Gasteiger partial charge in [-0.3, -0.25) is 4.99 Å². The Morgan fingerprint density at radius 2 is 2.57 bits per heavy atom. The molecule has 2 rings (SSSR count). The summed E-state index contributed by atoms with van der Waals surface area (Å²) in [5, 5.41) is 6.84. The van der Waals surface area contributed by atoms with Crippen molar-refractivity contribution < 1.29 is 0 Å². The van der Waals surface area contributed by atoms with Crippen LogP contribution in [-0.2, 0) is 0 Å². The fourth-order valence-corrected chi connectivity index (χ4v) is 2.08. The van der Waals surface area contributed by atoms with E-state index in [0.29, 0.717) is 0 Å². The highest BCUT2D eigenvalue weighted by molar-refractivity contribution is 5.81. The minimum absolute atomic E-state index is 0.789. The number of guanidine groups is 1. The van der Waals surface area contributed by atoms with Crippen LogP contribution in [0, 0.1) is 5.92 Å². The van der Waals surface area contributed by atoms with E-state index in [1.165, 1.54) is 13.0 Å². The molecule has 1 atom stereocenters. The third-order valence-electron chi connectivity index (χ3n) is 3.02. The van der Waals surface area contributed by atoms with Crippen molar-refractivity contribution in [2.24, 2.45) is 10.9 Å². The zero-order valence-electron chi connectivity index (χ0n) is 8.92. The molecule has 2 heterocycles. The van der Waals surface area contributed by atoms with Gasteiger partial charge in [0.25, 0.3) is 0 Å². The molecule has 14 heavy (non-hydrogen) atoms. The van der Waals surface area contributed by atoms with E-state index in [-0.39, 0.29) is 0 Å². The molecule has 2 aliphatic heterocycles. The van der Waals surface area contributed by atoms with Crippen LogP contribution in [0.5, 0.6) is 0 Å². The van der Waals surface area contributed by atoms with E-state index in [1.54, 1.807) is 0 Å². The fraction of sp³-hybridized carbons (Fsp3) is 0.900. The van der Waals surface area contributed by atoms with Crippen LogP contribution in [-0.4, -0.2) is 50.1 Å². The SMILES string of the molecule is CCN1CCN=C1NCC1CCNC1. The monoisotopic (exact) mass is 196 g/mol. The average Bonchev–Trinajstić information content (AvgIpc) is 2.85. The van der Waals surface area contributed by atoms with Gasteiger partial charge in [-0.2, -0.15) is 0 Å². The summed E-state index contributed by atoms with van der Waals surface area (Å²) in [5.74, 6) is 1.90. The Bertz CT molecular complexity index is 208. The molecule has 0 bridgehead atoms. The summed E-state index contributed by atoms with van der Waals surface area (Å²) in [4.78, 5) is 6.77. The first-order chi connectivity index (χ1) is 6.90. The third kappa shape index (κ3) is 2.18. The summed E-state index contributed by atoms with van der Waals surface area (Å²) < 4.78 is 0. The minimum atomic E-state index is 0.789. The Morgan fingerprint density at radius 3 is 3.29 bits per heavy atom. The van der Waals surface area contributed by atoms with Crippen LogP contribution in [0.15, 0.2) is 4.99 Å². The Hall–Kier alpha value is -0.770. The molecule has 4 heteroatoms. The van der Waals surface area contributed by atoms with E-state index in [0.717, 1.165) is 44.6 Å². The molecule has 0 radical (unpaired) electrons. The molecule has 1 fully saturated rings. The van der Waals surface area contributed by atoms with Crippen LogP contribution in [0.3, 0.4) is 0 Å². The Balaban J connectivity index is 1.74. The molecule has 0 aromatic rings. The molecule has 80 valence electrons. The molecule has 0 aliphatic carbocycles. The van der Waals surface area contributed by atoms with E-state index in [2.05, 4.69) is 27.4 Å². The van der Waals surface area contributed by atoms with Crippen molar-refractivity contribution in [2.45, 2.75) is 13.3 Å². The maximum atomic E-state index is 4.46. The van der Waals surface area contributed by atoms with Gasteiger partial charge in [0.2, 0.25) is 0 Å². The van der Waals surface area contributed by atoms with Crippen LogP contribution in [0.25, 0.3) is 0 Å². The molecule has 0 amide bonds. The normalized spacial score (nSPS) is 26.8. The first kappa shape index (κ1) is 9.77. The van der Waals surface area contributed by atoms with Crippen LogP contribution in [0.1, 0.15) is 13.3 Å². The molecule has 0 aromatic heterocycles. The highest BCUT2D eigenvalue weighted by atomic mass is 15.3. The number of nitrogens with one attached hydrogen (secondary N) is 2. The standard InChI is InChI=1S/C10H20N4/c1-2-14-6-5-12-10(14)13-8-9-3-4-11-7-9/h9,11H,2-8H2,1H3,(H,12,13). The van der Waals surface area contributed by atoms with Gasteiger partial charge < -0.3 is 15.5 Å². The summed E-state index contributed by atoms with van der Waals surface area (Å²) in [6.07, 6.45) is 1.30. The first-order valence-electron chi connectivity index (χ1n) is 5.64. The quantitative estimate of drug-likeness (QED) is 0.661. The lowest BCUT2D eigenvalue weighted by molar-refractivity contribution is 0.456. The van der Waals surface area contributed by atoms with Crippen LogP contribution >= 0.6 is 0 Å². The summed E-state index contributed by atoms with van der Waals surface area (Å²) in [7, 11) is 0. The van der Waals surface area contributed by atoms with Gasteiger partial charge in [-0.25, -0.2) is 0 Å². The number of hydrogen-bond acceptors (Lipinski definition) is 4. The number of hydrogen-bond donors (Lipinski definition) is 2. The molecular weight excluding hydrogens is 176 g/mol. The second-order valence-corrected chi connectivity index (χ2v) is 4.02. The largest absolute Gasteiger partial charge is 0.356 e. The predicted molar refractivity (Wildman–Crippen MR) is 58.5 cm³/mol. The second kappa shape index (κ2) is 4.64. The molecular formula is C10H20N4. The van der Waals surface area contributed by atoms with Gasteiger partial charge in [-0.05, 0) is 32.4 Å². The van der Waals surface area contributed by atoms with Crippen molar-refractivity contribution in [3.8, 4) is 0 Å². The summed E-state index contributed by atoms with van der Waals surface area (Å²) in [6, 6.07) is 0. The van der Waals surface area contributed by atoms with Crippen LogP contribution < -0.4 is 10.6 Å². The van der Waals surface area contributed by atoms with E-state index in [9.17, 15) is 0 Å². The summed E-state index contributed by atoms with van der Waals surface area (Å²) >= 11 is 0. The predicted octanol–water partition coefficient (Wildman–Crippen LogP) is -0.123. The molecule has 1 saturated heterocycles. The molecule has 4 nitrogen and oxygen atoms in total. The van der Waals surface area contributed by atoms with Crippen molar-refractivity contribution in [1.29, 1.82) is 0 Å². The number of rotatable bonds is 3. The zero-order valence-corrected chi connectivity index (χ0v) is 8.92.